The second-order valence-electron chi connectivity index (χ2n) is 6.82. The molecule has 0 radical (unpaired) electrons. The van der Waals surface area contributed by atoms with E-state index in [2.05, 4.69) is 40.9 Å². The molecule has 122 valence electrons. The van der Waals surface area contributed by atoms with E-state index in [1.54, 1.807) is 11.3 Å². The van der Waals surface area contributed by atoms with Crippen molar-refractivity contribution in [3.05, 3.63) is 22.4 Å². The van der Waals surface area contributed by atoms with Gasteiger partial charge in [-0.1, -0.05) is 20.3 Å². The molecule has 0 saturated heterocycles. The summed E-state index contributed by atoms with van der Waals surface area (Å²) in [6, 6.07) is 2.50. The van der Waals surface area contributed by atoms with Crippen molar-refractivity contribution in [2.24, 2.45) is 17.8 Å². The molecule has 2 saturated carbocycles. The van der Waals surface area contributed by atoms with E-state index in [1.165, 1.54) is 24.8 Å². The lowest BCUT2D eigenvalue weighted by Gasteiger charge is -2.30. The summed E-state index contributed by atoms with van der Waals surface area (Å²) in [5.74, 6) is 2.09. The van der Waals surface area contributed by atoms with Gasteiger partial charge in [0.1, 0.15) is 0 Å². The van der Waals surface area contributed by atoms with E-state index in [-0.39, 0.29) is 0 Å². The number of hydrogen-bond acceptors (Lipinski definition) is 3. The van der Waals surface area contributed by atoms with Crippen LogP contribution in [0.3, 0.4) is 0 Å². The minimum absolute atomic E-state index is 0.290. The van der Waals surface area contributed by atoms with Gasteiger partial charge in [0.05, 0.1) is 6.04 Å². The van der Waals surface area contributed by atoms with Crippen LogP contribution >= 0.6 is 11.3 Å². The number of carbonyl (C=O) groups is 1. The largest absolute Gasteiger partial charge is 0.354 e. The Kier molecular flexibility index (Phi) is 5.19. The molecule has 4 heteroatoms. The van der Waals surface area contributed by atoms with Gasteiger partial charge >= 0.3 is 0 Å². The first kappa shape index (κ1) is 16.0. The fraction of sp³-hybridized carbons (Fsp3) is 0.722. The quantitative estimate of drug-likeness (QED) is 0.831. The summed E-state index contributed by atoms with van der Waals surface area (Å²) in [4.78, 5) is 15.0. The summed E-state index contributed by atoms with van der Waals surface area (Å²) in [6.07, 6.45) is 5.05. The molecule has 2 aliphatic rings. The molecular formula is C18H28N2OS. The van der Waals surface area contributed by atoms with Crippen LogP contribution in [0, 0.1) is 17.8 Å². The number of fused-ring (bicyclic) bond motifs is 2. The van der Waals surface area contributed by atoms with Crippen LogP contribution in [0.1, 0.15) is 51.1 Å². The predicted molar refractivity (Wildman–Crippen MR) is 91.9 cm³/mol. The van der Waals surface area contributed by atoms with Crippen molar-refractivity contribution in [3.63, 3.8) is 0 Å². The van der Waals surface area contributed by atoms with Gasteiger partial charge in [0.2, 0.25) is 5.91 Å². The number of likely N-dealkylation sites (N-methyl/N-ethyl adjacent to an activating group) is 1. The molecule has 22 heavy (non-hydrogen) atoms. The van der Waals surface area contributed by atoms with E-state index in [9.17, 15) is 4.79 Å². The van der Waals surface area contributed by atoms with Crippen LogP contribution in [0.15, 0.2) is 16.8 Å². The SMILES string of the molecule is CCN(CC)[C@H](CNC(=O)[C@@H]1C[C@H]2CC[C@H]1C2)c1ccsc1. The highest BCUT2D eigenvalue weighted by Crippen LogP contribution is 2.48. The van der Waals surface area contributed by atoms with Gasteiger partial charge in [-0.05, 0) is 66.6 Å². The monoisotopic (exact) mass is 320 g/mol. The number of nitrogens with one attached hydrogen (secondary N) is 1. The average molecular weight is 321 g/mol. The molecule has 2 bridgehead atoms. The standard InChI is InChI=1S/C18H28N2OS/c1-3-20(4-2)17(15-7-8-22-12-15)11-19-18(21)16-10-13-5-6-14(16)9-13/h7-8,12-14,16-17H,3-6,9-11H2,1-2H3,(H,19,21)/t13-,14-,16+,17+/m0/s1. The first-order valence-electron chi connectivity index (χ1n) is 8.76. The molecule has 2 aliphatic carbocycles. The smallest absolute Gasteiger partial charge is 0.223 e. The van der Waals surface area contributed by atoms with Gasteiger partial charge in [-0.3, -0.25) is 9.69 Å². The Morgan fingerprint density at radius 2 is 2.18 bits per heavy atom. The highest BCUT2D eigenvalue weighted by atomic mass is 32.1. The van der Waals surface area contributed by atoms with Crippen molar-refractivity contribution in [1.29, 1.82) is 0 Å². The van der Waals surface area contributed by atoms with Gasteiger partial charge in [0.25, 0.3) is 0 Å². The highest BCUT2D eigenvalue weighted by molar-refractivity contribution is 7.07. The summed E-state index contributed by atoms with van der Waals surface area (Å²) in [7, 11) is 0. The summed E-state index contributed by atoms with van der Waals surface area (Å²) < 4.78 is 0. The summed E-state index contributed by atoms with van der Waals surface area (Å²) >= 11 is 1.74. The molecule has 1 amide bonds. The van der Waals surface area contributed by atoms with Crippen LogP contribution in [0.25, 0.3) is 0 Å². The Hall–Kier alpha value is -0.870. The number of nitrogens with zero attached hydrogens (tertiary/aromatic N) is 1. The lowest BCUT2D eigenvalue weighted by atomic mass is 9.88. The first-order chi connectivity index (χ1) is 10.7. The summed E-state index contributed by atoms with van der Waals surface area (Å²) in [5, 5.41) is 7.61. The van der Waals surface area contributed by atoms with Crippen LogP contribution in [0.4, 0.5) is 0 Å². The van der Waals surface area contributed by atoms with Gasteiger partial charge in [0, 0.05) is 12.5 Å². The molecule has 1 N–H and O–H groups in total. The number of rotatable bonds is 7. The Balaban J connectivity index is 1.60. The first-order valence-corrected chi connectivity index (χ1v) is 9.71. The molecule has 1 heterocycles. The summed E-state index contributed by atoms with van der Waals surface area (Å²) in [5.41, 5.74) is 1.34. The average Bonchev–Trinajstić information content (AvgIpc) is 3.28. The molecule has 1 aromatic rings. The molecule has 3 nitrogen and oxygen atoms in total. The molecular weight excluding hydrogens is 292 g/mol. The Morgan fingerprint density at radius 3 is 2.73 bits per heavy atom. The number of amides is 1. The van der Waals surface area contributed by atoms with E-state index in [0.717, 1.165) is 32.0 Å². The number of carbonyl (C=O) groups excluding carboxylic acids is 1. The third-order valence-electron chi connectivity index (χ3n) is 5.73. The van der Waals surface area contributed by atoms with Crippen molar-refractivity contribution in [2.75, 3.05) is 19.6 Å². The normalized spacial score (nSPS) is 28.2. The summed E-state index contributed by atoms with van der Waals surface area (Å²) in [6.45, 7) is 7.16. The molecule has 0 aromatic carbocycles. The van der Waals surface area contributed by atoms with Crippen molar-refractivity contribution in [3.8, 4) is 0 Å². The Bertz CT molecular complexity index is 483. The molecule has 3 rings (SSSR count). The third kappa shape index (κ3) is 3.23. The molecule has 2 fully saturated rings. The number of thiophene rings is 1. The van der Waals surface area contributed by atoms with Gasteiger partial charge in [0.15, 0.2) is 0 Å². The molecule has 4 atom stereocenters. The van der Waals surface area contributed by atoms with Crippen molar-refractivity contribution >= 4 is 17.2 Å². The van der Waals surface area contributed by atoms with E-state index in [1.807, 2.05) is 0 Å². The maximum absolute atomic E-state index is 12.6. The lowest BCUT2D eigenvalue weighted by Crippen LogP contribution is -2.41. The van der Waals surface area contributed by atoms with Gasteiger partial charge in [-0.2, -0.15) is 11.3 Å². The Morgan fingerprint density at radius 1 is 1.36 bits per heavy atom. The van der Waals surface area contributed by atoms with Crippen molar-refractivity contribution < 1.29 is 4.79 Å². The fourth-order valence-electron chi connectivity index (χ4n) is 4.48. The molecule has 0 spiro atoms. The second kappa shape index (κ2) is 7.14. The van der Waals surface area contributed by atoms with E-state index >= 15 is 0 Å². The van der Waals surface area contributed by atoms with Crippen LogP contribution in [0.5, 0.6) is 0 Å². The lowest BCUT2D eigenvalue weighted by molar-refractivity contribution is -0.126. The molecule has 0 aliphatic heterocycles. The minimum Gasteiger partial charge on any atom is -0.354 e. The van der Waals surface area contributed by atoms with Crippen molar-refractivity contribution in [1.82, 2.24) is 10.2 Å². The molecule has 1 aromatic heterocycles. The van der Waals surface area contributed by atoms with E-state index in [4.69, 9.17) is 0 Å². The predicted octanol–water partition coefficient (Wildman–Crippen LogP) is 3.68. The molecule has 0 unspecified atom stereocenters. The van der Waals surface area contributed by atoms with Crippen LogP contribution < -0.4 is 5.32 Å². The zero-order valence-corrected chi connectivity index (χ0v) is 14.6. The van der Waals surface area contributed by atoms with E-state index in [0.29, 0.717) is 23.8 Å². The second-order valence-corrected chi connectivity index (χ2v) is 7.60. The number of hydrogen-bond donors (Lipinski definition) is 1. The fourth-order valence-corrected chi connectivity index (χ4v) is 5.19. The third-order valence-corrected chi connectivity index (χ3v) is 6.43. The van der Waals surface area contributed by atoms with Crippen LogP contribution in [0.2, 0.25) is 0 Å². The highest BCUT2D eigenvalue weighted by Gasteiger charge is 2.43. The van der Waals surface area contributed by atoms with Crippen LogP contribution in [-0.4, -0.2) is 30.4 Å². The van der Waals surface area contributed by atoms with Gasteiger partial charge in [-0.15, -0.1) is 0 Å². The topological polar surface area (TPSA) is 32.3 Å². The van der Waals surface area contributed by atoms with Gasteiger partial charge in [-0.25, -0.2) is 0 Å². The Labute approximate surface area is 138 Å². The minimum atomic E-state index is 0.290. The maximum Gasteiger partial charge on any atom is 0.223 e. The zero-order chi connectivity index (χ0) is 15.5. The maximum atomic E-state index is 12.6. The van der Waals surface area contributed by atoms with Crippen molar-refractivity contribution in [2.45, 2.75) is 45.6 Å². The van der Waals surface area contributed by atoms with Gasteiger partial charge < -0.3 is 5.32 Å². The van der Waals surface area contributed by atoms with E-state index < -0.39 is 0 Å². The zero-order valence-electron chi connectivity index (χ0n) is 13.8. The van der Waals surface area contributed by atoms with Crippen LogP contribution in [-0.2, 0) is 4.79 Å².